The zero-order valence-corrected chi connectivity index (χ0v) is 13.3. The van der Waals surface area contributed by atoms with Crippen molar-refractivity contribution in [2.45, 2.75) is 23.5 Å². The molecule has 110 valence electrons. The Bertz CT molecular complexity index is 527. The zero-order valence-electron chi connectivity index (χ0n) is 10.9. The maximum absolute atomic E-state index is 13.9. The molecule has 2 saturated heterocycles. The molecule has 1 aromatic rings. The summed E-state index contributed by atoms with van der Waals surface area (Å²) in [6, 6.07) is 4.63. The summed E-state index contributed by atoms with van der Waals surface area (Å²) < 4.78 is 34.5. The fourth-order valence-corrected chi connectivity index (χ4v) is 4.20. The van der Waals surface area contributed by atoms with Gasteiger partial charge in [-0.25, -0.2) is 12.9 Å². The van der Waals surface area contributed by atoms with Crippen molar-refractivity contribution in [2.24, 2.45) is 0 Å². The van der Waals surface area contributed by atoms with Gasteiger partial charge in [0.2, 0.25) is 0 Å². The van der Waals surface area contributed by atoms with E-state index < -0.39 is 16.8 Å². The number of halogens is 2. The number of piperidine rings is 1. The number of hydrogen-bond donors (Lipinski definition) is 1. The lowest BCUT2D eigenvalue weighted by Crippen LogP contribution is -2.51. The van der Waals surface area contributed by atoms with E-state index in [4.69, 9.17) is 4.74 Å². The molecule has 1 spiro atoms. The molecular weight excluding hydrogens is 347 g/mol. The Labute approximate surface area is 128 Å². The van der Waals surface area contributed by atoms with Gasteiger partial charge >= 0.3 is 0 Å². The van der Waals surface area contributed by atoms with E-state index in [-0.39, 0.29) is 10.6 Å². The van der Waals surface area contributed by atoms with Crippen molar-refractivity contribution in [1.29, 1.82) is 0 Å². The standard InChI is InChI=1S/C13H16BrFN2O2S/c14-10-1-2-12(11(15)9-10)20(18)17-6-3-13(4-7-17)16-5-8-19-13/h1-2,9,16H,3-8H2. The van der Waals surface area contributed by atoms with Crippen LogP contribution in [0.1, 0.15) is 12.8 Å². The van der Waals surface area contributed by atoms with Crippen molar-refractivity contribution in [3.63, 3.8) is 0 Å². The Kier molecular flexibility index (Phi) is 4.24. The van der Waals surface area contributed by atoms with Crippen LogP contribution in [0.2, 0.25) is 0 Å². The summed E-state index contributed by atoms with van der Waals surface area (Å²) in [5.41, 5.74) is -0.251. The molecule has 0 bridgehead atoms. The van der Waals surface area contributed by atoms with Gasteiger partial charge in [-0.05, 0) is 18.2 Å². The Morgan fingerprint density at radius 1 is 1.40 bits per heavy atom. The molecule has 2 fully saturated rings. The minimum absolute atomic E-state index is 0.240. The van der Waals surface area contributed by atoms with Crippen molar-refractivity contribution in [3.05, 3.63) is 28.5 Å². The summed E-state index contributed by atoms with van der Waals surface area (Å²) in [6.45, 7) is 2.86. The second kappa shape index (κ2) is 5.81. The third-order valence-electron chi connectivity index (χ3n) is 3.77. The summed E-state index contributed by atoms with van der Waals surface area (Å²) in [4.78, 5) is 0.240. The molecule has 2 heterocycles. The van der Waals surface area contributed by atoms with E-state index in [0.29, 0.717) is 17.6 Å². The van der Waals surface area contributed by atoms with E-state index in [1.54, 1.807) is 16.4 Å². The molecule has 1 N–H and O–H groups in total. The molecular formula is C13H16BrFN2O2S. The molecule has 2 aliphatic rings. The van der Waals surface area contributed by atoms with Crippen LogP contribution >= 0.6 is 15.9 Å². The third-order valence-corrected chi connectivity index (χ3v) is 5.81. The molecule has 1 atom stereocenters. The average Bonchev–Trinajstić information content (AvgIpc) is 2.87. The molecule has 20 heavy (non-hydrogen) atoms. The van der Waals surface area contributed by atoms with Gasteiger partial charge in [-0.1, -0.05) is 15.9 Å². The summed E-state index contributed by atoms with van der Waals surface area (Å²) in [6.07, 6.45) is 1.55. The van der Waals surface area contributed by atoms with Gasteiger partial charge < -0.3 is 4.74 Å². The monoisotopic (exact) mass is 362 g/mol. The molecule has 3 rings (SSSR count). The Hall–Kier alpha value is -0.340. The van der Waals surface area contributed by atoms with Crippen LogP contribution in [0.5, 0.6) is 0 Å². The Morgan fingerprint density at radius 3 is 2.75 bits per heavy atom. The first-order chi connectivity index (χ1) is 9.60. The summed E-state index contributed by atoms with van der Waals surface area (Å²) in [5, 5.41) is 3.36. The highest BCUT2D eigenvalue weighted by Crippen LogP contribution is 2.29. The van der Waals surface area contributed by atoms with Crippen LogP contribution in [-0.2, 0) is 15.7 Å². The predicted octanol–water partition coefficient (Wildman–Crippen LogP) is 2.02. The van der Waals surface area contributed by atoms with Gasteiger partial charge in [-0.2, -0.15) is 0 Å². The number of hydrogen-bond acceptors (Lipinski definition) is 3. The van der Waals surface area contributed by atoms with E-state index >= 15 is 0 Å². The number of nitrogens with zero attached hydrogens (tertiary/aromatic N) is 1. The summed E-state index contributed by atoms with van der Waals surface area (Å²) >= 11 is 3.20. The molecule has 7 heteroatoms. The van der Waals surface area contributed by atoms with Gasteiger partial charge in [0, 0.05) is 36.9 Å². The van der Waals surface area contributed by atoms with Crippen LogP contribution in [0.25, 0.3) is 0 Å². The van der Waals surface area contributed by atoms with Gasteiger partial charge in [0.25, 0.3) is 0 Å². The second-order valence-corrected chi connectivity index (χ2v) is 7.39. The van der Waals surface area contributed by atoms with Crippen molar-refractivity contribution in [3.8, 4) is 0 Å². The van der Waals surface area contributed by atoms with Gasteiger partial charge in [-0.3, -0.25) is 5.32 Å². The highest BCUT2D eigenvalue weighted by Gasteiger charge is 2.39. The summed E-state index contributed by atoms with van der Waals surface area (Å²) in [5.74, 6) is -0.437. The molecule has 4 nitrogen and oxygen atoms in total. The van der Waals surface area contributed by atoms with Crippen LogP contribution in [0.3, 0.4) is 0 Å². The van der Waals surface area contributed by atoms with E-state index in [2.05, 4.69) is 21.2 Å². The molecule has 0 aliphatic carbocycles. The molecule has 0 saturated carbocycles. The largest absolute Gasteiger partial charge is 0.359 e. The van der Waals surface area contributed by atoms with Crippen LogP contribution in [-0.4, -0.2) is 40.5 Å². The fraction of sp³-hybridized carbons (Fsp3) is 0.538. The van der Waals surface area contributed by atoms with Crippen LogP contribution in [0.4, 0.5) is 4.39 Å². The van der Waals surface area contributed by atoms with Crippen molar-refractivity contribution in [2.75, 3.05) is 26.2 Å². The first-order valence-corrected chi connectivity index (χ1v) is 8.51. The first-order valence-electron chi connectivity index (χ1n) is 6.61. The second-order valence-electron chi connectivity index (χ2n) is 5.02. The fourth-order valence-electron chi connectivity index (χ4n) is 2.67. The number of benzene rings is 1. The van der Waals surface area contributed by atoms with E-state index in [1.165, 1.54) is 6.07 Å². The lowest BCUT2D eigenvalue weighted by Gasteiger charge is -2.37. The molecule has 2 aliphatic heterocycles. The van der Waals surface area contributed by atoms with Crippen molar-refractivity contribution >= 4 is 26.9 Å². The van der Waals surface area contributed by atoms with Crippen molar-refractivity contribution in [1.82, 2.24) is 9.62 Å². The van der Waals surface area contributed by atoms with E-state index in [0.717, 1.165) is 26.0 Å². The van der Waals surface area contributed by atoms with Crippen LogP contribution in [0, 0.1) is 5.82 Å². The first kappa shape index (κ1) is 14.6. The molecule has 1 aromatic carbocycles. The smallest absolute Gasteiger partial charge is 0.141 e. The highest BCUT2D eigenvalue weighted by atomic mass is 79.9. The maximum atomic E-state index is 13.9. The quantitative estimate of drug-likeness (QED) is 0.874. The Morgan fingerprint density at radius 2 is 2.15 bits per heavy atom. The minimum Gasteiger partial charge on any atom is -0.359 e. The SMILES string of the molecule is O=S(c1ccc(Br)cc1F)N1CCC2(CC1)NCCO2. The van der Waals surface area contributed by atoms with Crippen LogP contribution in [0.15, 0.2) is 27.6 Å². The Balaban J connectivity index is 1.69. The predicted molar refractivity (Wildman–Crippen MR) is 78.0 cm³/mol. The lowest BCUT2D eigenvalue weighted by molar-refractivity contribution is -0.0440. The summed E-state index contributed by atoms with van der Waals surface area (Å²) in [7, 11) is -1.45. The van der Waals surface area contributed by atoms with Crippen molar-refractivity contribution < 1.29 is 13.3 Å². The minimum atomic E-state index is -1.45. The third kappa shape index (κ3) is 2.82. The number of rotatable bonds is 2. The van der Waals surface area contributed by atoms with Gasteiger partial charge in [-0.15, -0.1) is 0 Å². The van der Waals surface area contributed by atoms with Crippen LogP contribution < -0.4 is 5.32 Å². The topological polar surface area (TPSA) is 41.6 Å². The number of ether oxygens (including phenoxy) is 1. The highest BCUT2D eigenvalue weighted by molar-refractivity contribution is 9.10. The molecule has 0 aromatic heterocycles. The average molecular weight is 363 g/mol. The molecule has 1 unspecified atom stereocenters. The number of nitrogens with one attached hydrogen (secondary N) is 1. The lowest BCUT2D eigenvalue weighted by atomic mass is 10.0. The van der Waals surface area contributed by atoms with E-state index in [9.17, 15) is 8.60 Å². The van der Waals surface area contributed by atoms with Gasteiger partial charge in [0.05, 0.1) is 11.5 Å². The molecule has 0 radical (unpaired) electrons. The normalized spacial score (nSPS) is 24.1. The molecule has 0 amide bonds. The van der Waals surface area contributed by atoms with E-state index in [1.807, 2.05) is 0 Å². The van der Waals surface area contributed by atoms with Gasteiger partial charge in [0.15, 0.2) is 0 Å². The maximum Gasteiger partial charge on any atom is 0.141 e. The zero-order chi connectivity index (χ0) is 14.2. The van der Waals surface area contributed by atoms with Gasteiger partial charge in [0.1, 0.15) is 22.5 Å².